The second kappa shape index (κ2) is 5.36. The normalized spacial score (nSPS) is 11.9. The Morgan fingerprint density at radius 1 is 1.35 bits per heavy atom. The Balaban J connectivity index is 2.82. The highest BCUT2D eigenvalue weighted by molar-refractivity contribution is 6.15. The molecule has 92 valence electrons. The lowest BCUT2D eigenvalue weighted by Gasteiger charge is -2.12. The Morgan fingerprint density at radius 2 is 2.00 bits per heavy atom. The third kappa shape index (κ3) is 3.22. The number of benzene rings is 1. The van der Waals surface area contributed by atoms with Gasteiger partial charge in [-0.2, -0.15) is 0 Å². The molecule has 1 atom stereocenters. The molecule has 0 aliphatic carbocycles. The van der Waals surface area contributed by atoms with Crippen LogP contribution in [0.1, 0.15) is 12.5 Å². The van der Waals surface area contributed by atoms with E-state index in [1.807, 2.05) is 0 Å². The maximum absolute atomic E-state index is 11.6. The number of ether oxygens (including phenoxy) is 2. The number of phenols is 2. The fraction of sp³-hybridized carbons (Fsp3) is 0.250. The molecule has 0 aliphatic heterocycles. The van der Waals surface area contributed by atoms with Crippen LogP contribution in [0, 0.1) is 0 Å². The summed E-state index contributed by atoms with van der Waals surface area (Å²) < 4.78 is 9.66. The second-order valence-corrected chi connectivity index (χ2v) is 3.39. The molecule has 0 bridgehead atoms. The van der Waals surface area contributed by atoms with E-state index in [9.17, 15) is 9.90 Å². The van der Waals surface area contributed by atoms with Crippen LogP contribution < -0.4 is 0 Å². The SMILES string of the molecule is C=C(C(=O)OC(C)OC)c1ccc(O)c(O)c1. The van der Waals surface area contributed by atoms with Gasteiger partial charge in [0.05, 0.1) is 5.57 Å². The van der Waals surface area contributed by atoms with Crippen molar-refractivity contribution < 1.29 is 24.5 Å². The van der Waals surface area contributed by atoms with Gasteiger partial charge in [0.1, 0.15) is 0 Å². The molecule has 0 saturated carbocycles. The Hall–Kier alpha value is -2.01. The third-order valence-electron chi connectivity index (χ3n) is 2.18. The van der Waals surface area contributed by atoms with Gasteiger partial charge in [-0.15, -0.1) is 0 Å². The summed E-state index contributed by atoms with van der Waals surface area (Å²) in [5, 5.41) is 18.4. The average molecular weight is 238 g/mol. The Bertz CT molecular complexity index is 439. The highest BCUT2D eigenvalue weighted by atomic mass is 16.7. The Labute approximate surface area is 98.9 Å². The van der Waals surface area contributed by atoms with Crippen molar-refractivity contribution in [2.75, 3.05) is 7.11 Å². The summed E-state index contributed by atoms with van der Waals surface area (Å²) in [5.74, 6) is -1.24. The smallest absolute Gasteiger partial charge is 0.340 e. The van der Waals surface area contributed by atoms with Crippen molar-refractivity contribution in [3.05, 3.63) is 30.3 Å². The molecule has 0 fully saturated rings. The number of carbonyl (C=O) groups excluding carboxylic acids is 1. The number of esters is 1. The molecule has 2 N–H and O–H groups in total. The molecule has 5 heteroatoms. The van der Waals surface area contributed by atoms with E-state index >= 15 is 0 Å². The lowest BCUT2D eigenvalue weighted by atomic mass is 10.1. The standard InChI is InChI=1S/C12H14O5/c1-7(12(15)17-8(2)16-3)9-4-5-10(13)11(14)6-9/h4-6,8,13-14H,1H2,2-3H3. The van der Waals surface area contributed by atoms with Crippen LogP contribution in [0.15, 0.2) is 24.8 Å². The van der Waals surface area contributed by atoms with Crippen LogP contribution >= 0.6 is 0 Å². The fourth-order valence-corrected chi connectivity index (χ4v) is 1.10. The second-order valence-electron chi connectivity index (χ2n) is 3.39. The molecule has 1 rings (SSSR count). The number of carbonyl (C=O) groups is 1. The van der Waals surface area contributed by atoms with Gasteiger partial charge in [0.25, 0.3) is 0 Å². The molecule has 5 nitrogen and oxygen atoms in total. The number of phenolic OH excluding ortho intramolecular Hbond substituents is 2. The topological polar surface area (TPSA) is 76.0 Å². The first-order valence-electron chi connectivity index (χ1n) is 4.90. The molecule has 1 aromatic carbocycles. The van der Waals surface area contributed by atoms with Gasteiger partial charge >= 0.3 is 5.97 Å². The number of methoxy groups -OCH3 is 1. The summed E-state index contributed by atoms with van der Waals surface area (Å²) in [6.07, 6.45) is -0.676. The largest absolute Gasteiger partial charge is 0.504 e. The molecule has 0 amide bonds. The van der Waals surface area contributed by atoms with Crippen molar-refractivity contribution >= 4 is 11.5 Å². The van der Waals surface area contributed by atoms with Crippen molar-refractivity contribution in [1.82, 2.24) is 0 Å². The molecule has 0 heterocycles. The first kappa shape index (κ1) is 13.1. The highest BCUT2D eigenvalue weighted by Crippen LogP contribution is 2.28. The van der Waals surface area contributed by atoms with E-state index < -0.39 is 12.3 Å². The molecule has 0 saturated heterocycles. The summed E-state index contributed by atoms with van der Waals surface area (Å²) in [6, 6.07) is 3.95. The molecule has 1 unspecified atom stereocenters. The molecule has 0 spiro atoms. The van der Waals surface area contributed by atoms with Crippen molar-refractivity contribution in [2.24, 2.45) is 0 Å². The van der Waals surface area contributed by atoms with E-state index in [4.69, 9.17) is 14.6 Å². The molecule has 0 aromatic heterocycles. The third-order valence-corrected chi connectivity index (χ3v) is 2.18. The lowest BCUT2D eigenvalue weighted by Crippen LogP contribution is -2.17. The minimum absolute atomic E-state index is 0.0733. The molecular weight excluding hydrogens is 224 g/mol. The Kier molecular flexibility index (Phi) is 4.12. The van der Waals surface area contributed by atoms with Crippen molar-refractivity contribution in [1.29, 1.82) is 0 Å². The molecular formula is C12H14O5. The lowest BCUT2D eigenvalue weighted by molar-refractivity contribution is -0.162. The number of rotatable bonds is 4. The summed E-state index contributed by atoms with van der Waals surface area (Å²) >= 11 is 0. The van der Waals surface area contributed by atoms with Gasteiger partial charge in [-0.25, -0.2) is 4.79 Å². The van der Waals surface area contributed by atoms with Gasteiger partial charge in [-0.3, -0.25) is 0 Å². The number of hydrogen-bond acceptors (Lipinski definition) is 5. The van der Waals surface area contributed by atoms with Gasteiger partial charge in [0.15, 0.2) is 17.8 Å². The van der Waals surface area contributed by atoms with Gasteiger partial charge in [-0.05, 0) is 24.6 Å². The summed E-state index contributed by atoms with van der Waals surface area (Å²) in [7, 11) is 1.41. The quantitative estimate of drug-likeness (QED) is 0.361. The number of aromatic hydroxyl groups is 2. The first-order valence-corrected chi connectivity index (χ1v) is 4.90. The van der Waals surface area contributed by atoms with E-state index in [2.05, 4.69) is 6.58 Å². The van der Waals surface area contributed by atoms with Crippen LogP contribution in [0.5, 0.6) is 11.5 Å². The minimum atomic E-state index is -0.676. The zero-order chi connectivity index (χ0) is 13.0. The zero-order valence-electron chi connectivity index (χ0n) is 9.64. The molecule has 0 radical (unpaired) electrons. The van der Waals surface area contributed by atoms with Gasteiger partial charge in [-0.1, -0.05) is 12.6 Å². The van der Waals surface area contributed by atoms with Crippen LogP contribution in [0.2, 0.25) is 0 Å². The average Bonchev–Trinajstić information content (AvgIpc) is 2.31. The summed E-state index contributed by atoms with van der Waals surface area (Å²) in [5.41, 5.74) is 0.442. The van der Waals surface area contributed by atoms with E-state index in [-0.39, 0.29) is 17.1 Å². The monoisotopic (exact) mass is 238 g/mol. The fourth-order valence-electron chi connectivity index (χ4n) is 1.10. The van der Waals surface area contributed by atoms with Crippen LogP contribution in [0.3, 0.4) is 0 Å². The van der Waals surface area contributed by atoms with E-state index in [0.29, 0.717) is 5.56 Å². The number of hydrogen-bond donors (Lipinski definition) is 2. The highest BCUT2D eigenvalue weighted by Gasteiger charge is 2.15. The molecule has 0 aliphatic rings. The van der Waals surface area contributed by atoms with Crippen LogP contribution in [0.25, 0.3) is 5.57 Å². The van der Waals surface area contributed by atoms with Crippen molar-refractivity contribution in [3.8, 4) is 11.5 Å². The summed E-state index contributed by atoms with van der Waals surface area (Å²) in [6.45, 7) is 5.13. The predicted molar refractivity (Wildman–Crippen MR) is 61.4 cm³/mol. The van der Waals surface area contributed by atoms with Crippen molar-refractivity contribution in [2.45, 2.75) is 13.2 Å². The minimum Gasteiger partial charge on any atom is -0.504 e. The van der Waals surface area contributed by atoms with E-state index in [1.54, 1.807) is 6.92 Å². The zero-order valence-corrected chi connectivity index (χ0v) is 9.64. The van der Waals surface area contributed by atoms with E-state index in [0.717, 1.165) is 0 Å². The van der Waals surface area contributed by atoms with E-state index in [1.165, 1.54) is 25.3 Å². The Morgan fingerprint density at radius 3 is 2.53 bits per heavy atom. The maximum Gasteiger partial charge on any atom is 0.340 e. The molecule has 1 aromatic rings. The van der Waals surface area contributed by atoms with Crippen LogP contribution in [-0.4, -0.2) is 29.6 Å². The summed E-state index contributed by atoms with van der Waals surface area (Å²) in [4.78, 5) is 11.6. The predicted octanol–water partition coefficient (Wildman–Crippen LogP) is 1.65. The van der Waals surface area contributed by atoms with Gasteiger partial charge < -0.3 is 19.7 Å². The van der Waals surface area contributed by atoms with Crippen LogP contribution in [-0.2, 0) is 14.3 Å². The van der Waals surface area contributed by atoms with Gasteiger partial charge in [0, 0.05) is 7.11 Å². The molecule has 17 heavy (non-hydrogen) atoms. The maximum atomic E-state index is 11.6. The van der Waals surface area contributed by atoms with Gasteiger partial charge in [0.2, 0.25) is 0 Å². The van der Waals surface area contributed by atoms with Crippen LogP contribution in [0.4, 0.5) is 0 Å². The first-order chi connectivity index (χ1) is 7.95. The van der Waals surface area contributed by atoms with Crippen molar-refractivity contribution in [3.63, 3.8) is 0 Å².